The lowest BCUT2D eigenvalue weighted by atomic mass is 9.99. The Kier molecular flexibility index (Phi) is 6.18. The number of hydrogen-bond acceptors (Lipinski definition) is 2. The fraction of sp³-hybridized carbons (Fsp3) is 0.211. The minimum atomic E-state index is -0.0211. The molecule has 4 heteroatoms. The van der Waals surface area contributed by atoms with Gasteiger partial charge in [-0.05, 0) is 42.4 Å². The molecule has 23 heavy (non-hydrogen) atoms. The first kappa shape index (κ1) is 17.0. The van der Waals surface area contributed by atoms with E-state index < -0.39 is 0 Å². The van der Waals surface area contributed by atoms with Crippen molar-refractivity contribution in [2.24, 2.45) is 0 Å². The van der Waals surface area contributed by atoms with Crippen LogP contribution in [0.25, 0.3) is 0 Å². The second-order valence-corrected chi connectivity index (χ2v) is 5.81. The molecule has 0 fully saturated rings. The number of benzene rings is 2. The van der Waals surface area contributed by atoms with Gasteiger partial charge in [-0.3, -0.25) is 0 Å². The van der Waals surface area contributed by atoms with E-state index in [1.54, 1.807) is 7.11 Å². The molecular formula is C19H22N2OS. The van der Waals surface area contributed by atoms with Crippen LogP contribution in [-0.4, -0.2) is 18.8 Å². The molecule has 0 aliphatic heterocycles. The Morgan fingerprint density at radius 1 is 1.09 bits per heavy atom. The van der Waals surface area contributed by atoms with Crippen LogP contribution in [0.3, 0.4) is 0 Å². The normalized spacial score (nSPS) is 11.4. The fourth-order valence-electron chi connectivity index (χ4n) is 2.21. The Morgan fingerprint density at radius 2 is 1.70 bits per heavy atom. The zero-order valence-electron chi connectivity index (χ0n) is 13.5. The van der Waals surface area contributed by atoms with E-state index in [-0.39, 0.29) is 6.04 Å². The van der Waals surface area contributed by atoms with Gasteiger partial charge in [0.2, 0.25) is 0 Å². The van der Waals surface area contributed by atoms with Crippen molar-refractivity contribution in [1.82, 2.24) is 10.6 Å². The molecule has 0 unspecified atom stereocenters. The van der Waals surface area contributed by atoms with Gasteiger partial charge in [0.15, 0.2) is 5.11 Å². The molecule has 0 amide bonds. The largest absolute Gasteiger partial charge is 0.497 e. The van der Waals surface area contributed by atoms with Crippen molar-refractivity contribution in [2.45, 2.75) is 13.0 Å². The molecule has 120 valence electrons. The molecule has 0 spiro atoms. The maximum absolute atomic E-state index is 5.41. The van der Waals surface area contributed by atoms with Gasteiger partial charge < -0.3 is 15.4 Å². The van der Waals surface area contributed by atoms with Crippen molar-refractivity contribution in [1.29, 1.82) is 0 Å². The number of thiocarbonyl (C=S) groups is 1. The summed E-state index contributed by atoms with van der Waals surface area (Å²) in [7, 11) is 1.67. The van der Waals surface area contributed by atoms with E-state index >= 15 is 0 Å². The summed E-state index contributed by atoms with van der Waals surface area (Å²) in [5.41, 5.74) is 3.31. The van der Waals surface area contributed by atoms with Gasteiger partial charge in [-0.2, -0.15) is 0 Å². The fourth-order valence-corrected chi connectivity index (χ4v) is 2.40. The highest BCUT2D eigenvalue weighted by Crippen LogP contribution is 2.24. The van der Waals surface area contributed by atoms with Crippen molar-refractivity contribution in [2.75, 3.05) is 13.7 Å². The molecule has 0 aromatic heterocycles. The summed E-state index contributed by atoms with van der Waals surface area (Å²) >= 11 is 5.41. The van der Waals surface area contributed by atoms with Crippen LogP contribution in [-0.2, 0) is 0 Å². The lowest BCUT2D eigenvalue weighted by molar-refractivity contribution is 0.414. The van der Waals surface area contributed by atoms with Gasteiger partial charge >= 0.3 is 0 Å². The Labute approximate surface area is 143 Å². The highest BCUT2D eigenvalue weighted by molar-refractivity contribution is 7.80. The molecule has 0 heterocycles. The molecule has 3 nitrogen and oxygen atoms in total. The average Bonchev–Trinajstić information content (AvgIpc) is 2.59. The van der Waals surface area contributed by atoms with Gasteiger partial charge in [0.25, 0.3) is 0 Å². The monoisotopic (exact) mass is 326 g/mol. The Morgan fingerprint density at radius 3 is 2.26 bits per heavy atom. The zero-order valence-corrected chi connectivity index (χ0v) is 14.3. The zero-order chi connectivity index (χ0) is 16.7. The average molecular weight is 326 g/mol. The number of rotatable bonds is 6. The van der Waals surface area contributed by atoms with E-state index in [2.05, 4.69) is 29.3 Å². The summed E-state index contributed by atoms with van der Waals surface area (Å²) in [6.07, 6.45) is 0. The van der Waals surface area contributed by atoms with E-state index in [0.717, 1.165) is 22.4 Å². The lowest BCUT2D eigenvalue weighted by Gasteiger charge is -2.22. The molecule has 0 aliphatic carbocycles. The van der Waals surface area contributed by atoms with E-state index in [1.807, 2.05) is 49.4 Å². The van der Waals surface area contributed by atoms with Crippen LogP contribution in [0.5, 0.6) is 5.75 Å². The van der Waals surface area contributed by atoms with Crippen LogP contribution in [0.1, 0.15) is 24.1 Å². The van der Waals surface area contributed by atoms with Gasteiger partial charge in [0.1, 0.15) is 5.75 Å². The molecular weight excluding hydrogens is 304 g/mol. The molecule has 2 aromatic rings. The first-order valence-electron chi connectivity index (χ1n) is 7.48. The summed E-state index contributed by atoms with van der Waals surface area (Å²) in [6.45, 7) is 6.51. The maximum atomic E-state index is 5.41. The van der Waals surface area contributed by atoms with Crippen molar-refractivity contribution >= 4 is 17.3 Å². The number of nitrogens with one attached hydrogen (secondary N) is 2. The second-order valence-electron chi connectivity index (χ2n) is 5.40. The van der Waals surface area contributed by atoms with Crippen LogP contribution in [0.4, 0.5) is 0 Å². The molecule has 0 saturated carbocycles. The minimum Gasteiger partial charge on any atom is -0.497 e. The minimum absolute atomic E-state index is 0.0211. The summed E-state index contributed by atoms with van der Waals surface area (Å²) in [6, 6.07) is 18.2. The first-order chi connectivity index (χ1) is 11.1. The summed E-state index contributed by atoms with van der Waals surface area (Å²) in [5.74, 6) is 0.837. The highest BCUT2D eigenvalue weighted by atomic mass is 32.1. The molecule has 0 aliphatic rings. The molecule has 2 aromatic carbocycles. The van der Waals surface area contributed by atoms with Crippen molar-refractivity contribution < 1.29 is 4.74 Å². The van der Waals surface area contributed by atoms with Crippen LogP contribution >= 0.6 is 12.2 Å². The third-order valence-electron chi connectivity index (χ3n) is 3.41. The topological polar surface area (TPSA) is 33.3 Å². The third-order valence-corrected chi connectivity index (χ3v) is 3.67. The second kappa shape index (κ2) is 8.34. The Bertz CT molecular complexity index is 653. The number of ether oxygens (including phenoxy) is 1. The SMILES string of the molecule is C=C(C)CNC(=S)N[C@@H](c1ccccc1)c1ccc(OC)cc1. The van der Waals surface area contributed by atoms with Gasteiger partial charge in [-0.15, -0.1) is 0 Å². The van der Waals surface area contributed by atoms with Gasteiger partial charge in [0.05, 0.1) is 13.2 Å². The van der Waals surface area contributed by atoms with Crippen LogP contribution < -0.4 is 15.4 Å². The highest BCUT2D eigenvalue weighted by Gasteiger charge is 2.15. The molecule has 2 N–H and O–H groups in total. The van der Waals surface area contributed by atoms with E-state index in [9.17, 15) is 0 Å². The van der Waals surface area contributed by atoms with Crippen molar-refractivity contribution in [3.8, 4) is 5.75 Å². The van der Waals surface area contributed by atoms with Gasteiger partial charge in [-0.25, -0.2) is 0 Å². The van der Waals surface area contributed by atoms with E-state index in [1.165, 1.54) is 0 Å². The maximum Gasteiger partial charge on any atom is 0.167 e. The first-order valence-corrected chi connectivity index (χ1v) is 7.88. The third kappa shape index (κ3) is 5.11. The summed E-state index contributed by atoms with van der Waals surface area (Å²) in [5, 5.41) is 7.16. The molecule has 0 saturated heterocycles. The Hall–Kier alpha value is -2.33. The van der Waals surface area contributed by atoms with E-state index in [0.29, 0.717) is 11.7 Å². The number of methoxy groups -OCH3 is 1. The van der Waals surface area contributed by atoms with Crippen LogP contribution in [0.15, 0.2) is 66.7 Å². The van der Waals surface area contributed by atoms with Crippen LogP contribution in [0.2, 0.25) is 0 Å². The number of hydrogen-bond donors (Lipinski definition) is 2. The smallest absolute Gasteiger partial charge is 0.167 e. The quantitative estimate of drug-likeness (QED) is 0.624. The molecule has 1 atom stereocenters. The van der Waals surface area contributed by atoms with Crippen molar-refractivity contribution in [3.05, 3.63) is 77.9 Å². The van der Waals surface area contributed by atoms with E-state index in [4.69, 9.17) is 17.0 Å². The standard InChI is InChI=1S/C19H22N2OS/c1-14(2)13-20-19(23)21-18(15-7-5-4-6-8-15)16-9-11-17(22-3)12-10-16/h4-12,18H,1,13H2,2-3H3,(H2,20,21,23)/t18-/m0/s1. The molecule has 0 radical (unpaired) electrons. The summed E-state index contributed by atoms with van der Waals surface area (Å²) < 4.78 is 5.23. The van der Waals surface area contributed by atoms with Crippen molar-refractivity contribution in [3.63, 3.8) is 0 Å². The Balaban J connectivity index is 2.21. The predicted octanol–water partition coefficient (Wildman–Crippen LogP) is 3.82. The predicted molar refractivity (Wildman–Crippen MR) is 99.8 cm³/mol. The lowest BCUT2D eigenvalue weighted by Crippen LogP contribution is -2.38. The van der Waals surface area contributed by atoms with Gasteiger partial charge in [0, 0.05) is 6.54 Å². The van der Waals surface area contributed by atoms with Gasteiger partial charge in [-0.1, -0.05) is 54.6 Å². The molecule has 2 rings (SSSR count). The van der Waals surface area contributed by atoms with Crippen LogP contribution in [0, 0.1) is 0 Å². The summed E-state index contributed by atoms with van der Waals surface area (Å²) in [4.78, 5) is 0. The molecule has 0 bridgehead atoms.